The predicted molar refractivity (Wildman–Crippen MR) is 63.8 cm³/mol. The maximum Gasteiger partial charge on any atom is 0.307 e. The molecule has 0 spiro atoms. The molecule has 5 heteroatoms. The van der Waals surface area contributed by atoms with Crippen LogP contribution in [0.3, 0.4) is 0 Å². The standard InChI is InChI=1S/C12H9ClN2O2/c13-11-2-1-8(3-9(11)4-12(16)17)10-5-14-7-15-6-10/h1-3,5-7H,4H2,(H,16,17). The molecular weight excluding hydrogens is 240 g/mol. The first-order valence-corrected chi connectivity index (χ1v) is 5.30. The SMILES string of the molecule is O=C(O)Cc1cc(-c2cncnc2)ccc1Cl. The van der Waals surface area contributed by atoms with Gasteiger partial charge in [-0.15, -0.1) is 0 Å². The Bertz CT molecular complexity index is 543. The van der Waals surface area contributed by atoms with Gasteiger partial charge >= 0.3 is 5.97 Å². The molecule has 0 saturated carbocycles. The van der Waals surface area contributed by atoms with E-state index < -0.39 is 5.97 Å². The van der Waals surface area contributed by atoms with Crippen molar-refractivity contribution in [1.82, 2.24) is 9.97 Å². The smallest absolute Gasteiger partial charge is 0.307 e. The molecule has 0 aliphatic carbocycles. The quantitative estimate of drug-likeness (QED) is 0.906. The third-order valence-electron chi connectivity index (χ3n) is 2.28. The predicted octanol–water partition coefficient (Wildman–Crippen LogP) is 2.42. The fraction of sp³-hybridized carbons (Fsp3) is 0.0833. The van der Waals surface area contributed by atoms with Gasteiger partial charge < -0.3 is 5.11 Å². The second-order valence-corrected chi connectivity index (χ2v) is 3.91. The van der Waals surface area contributed by atoms with Crippen molar-refractivity contribution in [2.75, 3.05) is 0 Å². The lowest BCUT2D eigenvalue weighted by Gasteiger charge is -2.05. The summed E-state index contributed by atoms with van der Waals surface area (Å²) >= 11 is 5.93. The molecule has 0 saturated heterocycles. The third-order valence-corrected chi connectivity index (χ3v) is 2.65. The molecule has 0 fully saturated rings. The van der Waals surface area contributed by atoms with Crippen molar-refractivity contribution >= 4 is 17.6 Å². The zero-order valence-corrected chi connectivity index (χ0v) is 9.55. The molecule has 86 valence electrons. The van der Waals surface area contributed by atoms with Gasteiger partial charge in [0.05, 0.1) is 6.42 Å². The molecule has 0 aliphatic heterocycles. The molecule has 17 heavy (non-hydrogen) atoms. The van der Waals surface area contributed by atoms with Crippen LogP contribution in [0.4, 0.5) is 0 Å². The first-order valence-electron chi connectivity index (χ1n) is 4.92. The monoisotopic (exact) mass is 248 g/mol. The Hall–Kier alpha value is -1.94. The molecule has 0 bridgehead atoms. The third kappa shape index (κ3) is 2.79. The van der Waals surface area contributed by atoms with Gasteiger partial charge in [-0.25, -0.2) is 9.97 Å². The molecule has 1 aromatic carbocycles. The van der Waals surface area contributed by atoms with Gasteiger partial charge in [0.15, 0.2) is 0 Å². The number of hydrogen-bond donors (Lipinski definition) is 1. The van der Waals surface area contributed by atoms with E-state index in [2.05, 4.69) is 9.97 Å². The summed E-state index contributed by atoms with van der Waals surface area (Å²) in [5, 5.41) is 9.22. The van der Waals surface area contributed by atoms with E-state index in [1.54, 1.807) is 24.5 Å². The lowest BCUT2D eigenvalue weighted by molar-refractivity contribution is -0.136. The van der Waals surface area contributed by atoms with Gasteiger partial charge in [-0.1, -0.05) is 17.7 Å². The van der Waals surface area contributed by atoms with Gasteiger partial charge in [0.25, 0.3) is 0 Å². The van der Waals surface area contributed by atoms with E-state index in [1.165, 1.54) is 6.33 Å². The zero-order valence-electron chi connectivity index (χ0n) is 8.80. The number of carboxylic acids is 1. The molecule has 2 rings (SSSR count). The minimum atomic E-state index is -0.909. The van der Waals surface area contributed by atoms with E-state index in [9.17, 15) is 4.79 Å². The summed E-state index contributed by atoms with van der Waals surface area (Å²) in [4.78, 5) is 18.5. The second-order valence-electron chi connectivity index (χ2n) is 3.50. The molecule has 0 radical (unpaired) electrons. The second kappa shape index (κ2) is 4.93. The van der Waals surface area contributed by atoms with Crippen LogP contribution in [0.5, 0.6) is 0 Å². The van der Waals surface area contributed by atoms with Crippen molar-refractivity contribution in [3.63, 3.8) is 0 Å². The molecule has 1 aromatic heterocycles. The molecule has 0 atom stereocenters. The van der Waals surface area contributed by atoms with Crippen LogP contribution >= 0.6 is 11.6 Å². The van der Waals surface area contributed by atoms with Crippen molar-refractivity contribution in [2.45, 2.75) is 6.42 Å². The van der Waals surface area contributed by atoms with E-state index in [1.807, 2.05) is 6.07 Å². The molecule has 0 unspecified atom stereocenters. The van der Waals surface area contributed by atoms with E-state index >= 15 is 0 Å². The number of halogens is 1. The van der Waals surface area contributed by atoms with Gasteiger partial charge in [0, 0.05) is 23.0 Å². The highest BCUT2D eigenvalue weighted by Gasteiger charge is 2.07. The Kier molecular flexibility index (Phi) is 3.35. The average Bonchev–Trinajstić information content (AvgIpc) is 2.32. The zero-order chi connectivity index (χ0) is 12.3. The fourth-order valence-electron chi connectivity index (χ4n) is 1.50. The molecule has 2 aromatic rings. The van der Waals surface area contributed by atoms with Crippen LogP contribution in [0, 0.1) is 0 Å². The Morgan fingerprint density at radius 2 is 1.94 bits per heavy atom. The summed E-state index contributed by atoms with van der Waals surface area (Å²) in [5.41, 5.74) is 2.27. The molecule has 1 N–H and O–H groups in total. The van der Waals surface area contributed by atoms with Crippen molar-refractivity contribution < 1.29 is 9.90 Å². The summed E-state index contributed by atoms with van der Waals surface area (Å²) in [6.07, 6.45) is 4.68. The lowest BCUT2D eigenvalue weighted by Crippen LogP contribution is -2.00. The average molecular weight is 249 g/mol. The van der Waals surface area contributed by atoms with Crippen molar-refractivity contribution in [2.24, 2.45) is 0 Å². The first-order chi connectivity index (χ1) is 8.16. The number of hydrogen-bond acceptors (Lipinski definition) is 3. The highest BCUT2D eigenvalue weighted by Crippen LogP contribution is 2.24. The van der Waals surface area contributed by atoms with E-state index in [-0.39, 0.29) is 6.42 Å². The fourth-order valence-corrected chi connectivity index (χ4v) is 1.69. The summed E-state index contributed by atoms with van der Waals surface area (Å²) < 4.78 is 0. The molecule has 0 aliphatic rings. The van der Waals surface area contributed by atoms with Crippen LogP contribution in [-0.4, -0.2) is 21.0 Å². The Morgan fingerprint density at radius 3 is 2.59 bits per heavy atom. The van der Waals surface area contributed by atoms with Gasteiger partial charge in [0.2, 0.25) is 0 Å². The number of nitrogens with zero attached hydrogens (tertiary/aromatic N) is 2. The number of carboxylic acid groups (broad SMARTS) is 1. The minimum absolute atomic E-state index is 0.0969. The number of aromatic nitrogens is 2. The van der Waals surface area contributed by atoms with E-state index in [0.717, 1.165) is 11.1 Å². The van der Waals surface area contributed by atoms with Crippen LogP contribution in [0.25, 0.3) is 11.1 Å². The van der Waals surface area contributed by atoms with Gasteiger partial charge in [-0.3, -0.25) is 4.79 Å². The van der Waals surface area contributed by atoms with Gasteiger partial charge in [0.1, 0.15) is 6.33 Å². The number of aliphatic carboxylic acids is 1. The summed E-state index contributed by atoms with van der Waals surface area (Å²) in [6.45, 7) is 0. The molecule has 1 heterocycles. The van der Waals surface area contributed by atoms with Crippen molar-refractivity contribution in [1.29, 1.82) is 0 Å². The largest absolute Gasteiger partial charge is 0.481 e. The van der Waals surface area contributed by atoms with Crippen LogP contribution in [0.2, 0.25) is 5.02 Å². The Morgan fingerprint density at radius 1 is 1.24 bits per heavy atom. The molecule has 0 amide bonds. The minimum Gasteiger partial charge on any atom is -0.481 e. The maximum atomic E-state index is 10.7. The highest BCUT2D eigenvalue weighted by molar-refractivity contribution is 6.31. The van der Waals surface area contributed by atoms with Crippen molar-refractivity contribution in [3.05, 3.63) is 47.5 Å². The Labute approximate surface area is 103 Å². The normalized spacial score (nSPS) is 10.2. The first kappa shape index (κ1) is 11.5. The Balaban J connectivity index is 2.41. The lowest BCUT2D eigenvalue weighted by atomic mass is 10.0. The summed E-state index contributed by atoms with van der Waals surface area (Å²) in [7, 11) is 0. The topological polar surface area (TPSA) is 63.1 Å². The number of carbonyl (C=O) groups is 1. The molecular formula is C12H9ClN2O2. The molecule has 4 nitrogen and oxygen atoms in total. The van der Waals surface area contributed by atoms with Crippen LogP contribution in [-0.2, 0) is 11.2 Å². The van der Waals surface area contributed by atoms with Gasteiger partial charge in [-0.05, 0) is 23.3 Å². The van der Waals surface area contributed by atoms with Gasteiger partial charge in [-0.2, -0.15) is 0 Å². The highest BCUT2D eigenvalue weighted by atomic mass is 35.5. The van der Waals surface area contributed by atoms with Crippen LogP contribution in [0.1, 0.15) is 5.56 Å². The number of rotatable bonds is 3. The van der Waals surface area contributed by atoms with Crippen LogP contribution < -0.4 is 0 Å². The van der Waals surface area contributed by atoms with E-state index in [0.29, 0.717) is 10.6 Å². The summed E-state index contributed by atoms with van der Waals surface area (Å²) in [6, 6.07) is 5.24. The van der Waals surface area contributed by atoms with Crippen LogP contribution in [0.15, 0.2) is 36.9 Å². The van der Waals surface area contributed by atoms with E-state index in [4.69, 9.17) is 16.7 Å². The number of benzene rings is 1. The maximum absolute atomic E-state index is 10.7. The van der Waals surface area contributed by atoms with Crippen molar-refractivity contribution in [3.8, 4) is 11.1 Å². The summed E-state index contributed by atoms with van der Waals surface area (Å²) in [5.74, 6) is -0.909.